The fourth-order valence-electron chi connectivity index (χ4n) is 6.28. The first-order valence-corrected chi connectivity index (χ1v) is 13.4. The fourth-order valence-corrected chi connectivity index (χ4v) is 6.28. The van der Waals surface area contributed by atoms with E-state index in [1.165, 1.54) is 19.2 Å². The van der Waals surface area contributed by atoms with Crippen LogP contribution in [0.2, 0.25) is 0 Å². The summed E-state index contributed by atoms with van der Waals surface area (Å²) in [7, 11) is 1.44. The van der Waals surface area contributed by atoms with Gasteiger partial charge in [0.05, 0.1) is 35.7 Å². The van der Waals surface area contributed by atoms with Gasteiger partial charge in [-0.2, -0.15) is 5.26 Å². The van der Waals surface area contributed by atoms with Crippen LogP contribution in [-0.2, 0) is 9.59 Å². The van der Waals surface area contributed by atoms with Crippen molar-refractivity contribution in [3.63, 3.8) is 0 Å². The number of carbonyl (C=O) groups is 3. The number of nitrogens with one attached hydrogen (secondary N) is 2. The first-order chi connectivity index (χ1) is 18.1. The summed E-state index contributed by atoms with van der Waals surface area (Å²) in [6.45, 7) is 7.56. The lowest BCUT2D eigenvalue weighted by Crippen LogP contribution is -2.49. The lowest BCUT2D eigenvalue weighted by molar-refractivity contribution is -0.150. The number of carbonyl (C=O) groups excluding carboxylic acids is 2. The molecule has 204 valence electrons. The molecular formula is C29H37N3O6. The number of fused-ring (bicyclic) bond motifs is 2. The molecule has 2 amide bonds. The van der Waals surface area contributed by atoms with Gasteiger partial charge in [-0.3, -0.25) is 14.4 Å². The van der Waals surface area contributed by atoms with Crippen molar-refractivity contribution in [1.29, 1.82) is 5.26 Å². The van der Waals surface area contributed by atoms with E-state index in [4.69, 9.17) is 9.47 Å². The van der Waals surface area contributed by atoms with Gasteiger partial charge in [-0.05, 0) is 76.2 Å². The van der Waals surface area contributed by atoms with Crippen LogP contribution < -0.4 is 20.1 Å². The number of aliphatic carboxylic acids is 1. The van der Waals surface area contributed by atoms with Crippen molar-refractivity contribution in [3.05, 3.63) is 35.5 Å². The Balaban J connectivity index is 1.54. The highest BCUT2D eigenvalue weighted by atomic mass is 16.5. The Morgan fingerprint density at radius 2 is 1.84 bits per heavy atom. The van der Waals surface area contributed by atoms with Gasteiger partial charge < -0.3 is 25.2 Å². The Kier molecular flexibility index (Phi) is 8.00. The second-order valence-electron chi connectivity index (χ2n) is 11.1. The smallest absolute Gasteiger partial charge is 0.309 e. The largest absolute Gasteiger partial charge is 0.496 e. The molecule has 0 spiro atoms. The zero-order valence-corrected chi connectivity index (χ0v) is 22.3. The molecule has 0 aliphatic heterocycles. The number of benzene rings is 1. The van der Waals surface area contributed by atoms with E-state index in [2.05, 4.69) is 23.3 Å². The van der Waals surface area contributed by atoms with Crippen LogP contribution in [0.25, 0.3) is 0 Å². The molecule has 3 aliphatic rings. The molecule has 3 N–H and O–H groups in total. The molecule has 1 aromatic rings. The van der Waals surface area contributed by atoms with Gasteiger partial charge in [0.1, 0.15) is 17.6 Å². The van der Waals surface area contributed by atoms with E-state index in [1.807, 2.05) is 6.92 Å². The van der Waals surface area contributed by atoms with Gasteiger partial charge in [-0.1, -0.05) is 13.5 Å². The number of allylic oxidation sites excluding steroid dienone is 1. The average molecular weight is 524 g/mol. The third-order valence-electron chi connectivity index (χ3n) is 8.76. The maximum absolute atomic E-state index is 13.6. The number of hydrogen-bond donors (Lipinski definition) is 3. The van der Waals surface area contributed by atoms with E-state index < -0.39 is 11.4 Å². The topological polar surface area (TPSA) is 138 Å². The standard InChI is InChI=1S/C29H37N3O6/c1-5-16(2)31-27(34)24-17-6-7-18(12-17)25(24)32-26(33)21-14-22(19(15-30)13-23(21)37-4)38-20-8-10-29(3,11-9-20)28(35)36/h13-14,17-18,20,24-25H,2,5-12H2,1,3-4H3,(H,31,34)(H,32,33)(H,35,36)/t17-,18+,20-,24+,25-,29+/m1/s1. The highest BCUT2D eigenvalue weighted by Gasteiger charge is 2.51. The van der Waals surface area contributed by atoms with E-state index >= 15 is 0 Å². The van der Waals surface area contributed by atoms with Gasteiger partial charge in [0, 0.05) is 17.8 Å². The van der Waals surface area contributed by atoms with Crippen LogP contribution in [0.3, 0.4) is 0 Å². The van der Waals surface area contributed by atoms with Crippen molar-refractivity contribution < 1.29 is 29.0 Å². The lowest BCUT2D eigenvalue weighted by atomic mass is 9.75. The molecule has 0 saturated heterocycles. The van der Waals surface area contributed by atoms with Gasteiger partial charge in [-0.25, -0.2) is 0 Å². The Hall–Kier alpha value is -3.54. The van der Waals surface area contributed by atoms with Gasteiger partial charge in [-0.15, -0.1) is 0 Å². The van der Waals surface area contributed by atoms with Gasteiger partial charge >= 0.3 is 5.97 Å². The molecule has 38 heavy (non-hydrogen) atoms. The number of hydrogen-bond acceptors (Lipinski definition) is 6. The van der Waals surface area contributed by atoms with E-state index in [1.54, 1.807) is 6.92 Å². The first kappa shape index (κ1) is 27.5. The van der Waals surface area contributed by atoms with Crippen molar-refractivity contribution in [1.82, 2.24) is 10.6 Å². The molecule has 3 saturated carbocycles. The van der Waals surface area contributed by atoms with Crippen LogP contribution in [0.4, 0.5) is 0 Å². The minimum absolute atomic E-state index is 0.101. The monoisotopic (exact) mass is 523 g/mol. The molecule has 4 atom stereocenters. The molecule has 1 aromatic carbocycles. The van der Waals surface area contributed by atoms with Crippen molar-refractivity contribution in [2.24, 2.45) is 23.2 Å². The summed E-state index contributed by atoms with van der Waals surface area (Å²) < 4.78 is 11.6. The summed E-state index contributed by atoms with van der Waals surface area (Å²) in [5.74, 6) is -0.671. The van der Waals surface area contributed by atoms with Crippen LogP contribution in [0, 0.1) is 34.5 Å². The third kappa shape index (κ3) is 5.35. The molecule has 0 radical (unpaired) electrons. The Labute approximate surface area is 223 Å². The molecule has 0 heterocycles. The van der Waals surface area contributed by atoms with Crippen LogP contribution in [0.5, 0.6) is 11.5 Å². The number of ether oxygens (including phenoxy) is 2. The van der Waals surface area contributed by atoms with Crippen LogP contribution in [0.15, 0.2) is 24.4 Å². The van der Waals surface area contributed by atoms with E-state index in [0.29, 0.717) is 37.8 Å². The van der Waals surface area contributed by atoms with Gasteiger partial charge in [0.15, 0.2) is 0 Å². The SMILES string of the molecule is C=C(CC)NC(=O)[C@H]1[C@@H]2CC[C@@H](C2)[C@H]1NC(=O)c1cc(O[C@H]2CC[C@@](C)(C(=O)O)CC2)c(C#N)cc1OC. The number of carboxylic acids is 1. The van der Waals surface area contributed by atoms with Crippen molar-refractivity contribution in [2.75, 3.05) is 7.11 Å². The molecule has 3 fully saturated rings. The summed E-state index contributed by atoms with van der Waals surface area (Å²) in [4.78, 5) is 38.2. The number of nitriles is 1. The first-order valence-electron chi connectivity index (χ1n) is 13.4. The molecule has 9 heteroatoms. The van der Waals surface area contributed by atoms with E-state index in [-0.39, 0.29) is 64.3 Å². The second kappa shape index (κ2) is 11.1. The average Bonchev–Trinajstić information content (AvgIpc) is 3.51. The zero-order valence-electron chi connectivity index (χ0n) is 22.3. The van der Waals surface area contributed by atoms with Crippen LogP contribution >= 0.6 is 0 Å². The van der Waals surface area contributed by atoms with E-state index in [0.717, 1.165) is 19.3 Å². The lowest BCUT2D eigenvalue weighted by Gasteiger charge is -2.34. The molecule has 2 bridgehead atoms. The normalized spacial score (nSPS) is 29.7. The number of amides is 2. The molecular weight excluding hydrogens is 486 g/mol. The Morgan fingerprint density at radius 3 is 2.45 bits per heavy atom. The summed E-state index contributed by atoms with van der Waals surface area (Å²) in [5, 5.41) is 25.2. The molecule has 4 rings (SSSR count). The van der Waals surface area contributed by atoms with Crippen molar-refractivity contribution in [3.8, 4) is 17.6 Å². The van der Waals surface area contributed by atoms with Gasteiger partial charge in [0.2, 0.25) is 5.91 Å². The summed E-state index contributed by atoms with van der Waals surface area (Å²) >= 11 is 0. The quantitative estimate of drug-likeness (QED) is 0.442. The minimum atomic E-state index is -0.816. The molecule has 9 nitrogen and oxygen atoms in total. The number of carboxylic acid groups (broad SMARTS) is 1. The predicted molar refractivity (Wildman–Crippen MR) is 139 cm³/mol. The number of methoxy groups -OCH3 is 1. The summed E-state index contributed by atoms with van der Waals surface area (Å²) in [6.07, 6.45) is 5.22. The van der Waals surface area contributed by atoms with Gasteiger partial charge in [0.25, 0.3) is 5.91 Å². The van der Waals surface area contributed by atoms with Crippen LogP contribution in [0.1, 0.15) is 81.1 Å². The Morgan fingerprint density at radius 1 is 1.16 bits per heavy atom. The second-order valence-corrected chi connectivity index (χ2v) is 11.1. The highest BCUT2D eigenvalue weighted by Crippen LogP contribution is 2.49. The summed E-state index contributed by atoms with van der Waals surface area (Å²) in [6, 6.07) is 4.82. The number of nitrogens with zero attached hydrogens (tertiary/aromatic N) is 1. The highest BCUT2D eigenvalue weighted by molar-refractivity contribution is 5.98. The fraction of sp³-hybridized carbons (Fsp3) is 0.586. The van der Waals surface area contributed by atoms with Crippen LogP contribution in [-0.4, -0.2) is 42.1 Å². The van der Waals surface area contributed by atoms with Crippen molar-refractivity contribution >= 4 is 17.8 Å². The summed E-state index contributed by atoms with van der Waals surface area (Å²) in [5.41, 5.74) is 0.341. The Bertz CT molecular complexity index is 1160. The third-order valence-corrected chi connectivity index (χ3v) is 8.76. The maximum atomic E-state index is 13.6. The number of rotatable bonds is 9. The molecule has 0 unspecified atom stereocenters. The minimum Gasteiger partial charge on any atom is -0.496 e. The molecule has 0 aromatic heterocycles. The zero-order chi connectivity index (χ0) is 27.6. The predicted octanol–water partition coefficient (Wildman–Crippen LogP) is 4.16. The van der Waals surface area contributed by atoms with E-state index in [9.17, 15) is 24.8 Å². The maximum Gasteiger partial charge on any atom is 0.309 e. The molecule has 3 aliphatic carbocycles. The van der Waals surface area contributed by atoms with Crippen molar-refractivity contribution in [2.45, 2.75) is 77.4 Å².